The van der Waals surface area contributed by atoms with E-state index in [2.05, 4.69) is 5.32 Å². The molecule has 3 unspecified atom stereocenters. The fourth-order valence-corrected chi connectivity index (χ4v) is 3.58. The van der Waals surface area contributed by atoms with Gasteiger partial charge < -0.3 is 10.2 Å². The van der Waals surface area contributed by atoms with Crippen LogP contribution in [0.25, 0.3) is 0 Å². The van der Waals surface area contributed by atoms with Gasteiger partial charge in [-0.2, -0.15) is 0 Å². The van der Waals surface area contributed by atoms with Crippen LogP contribution in [-0.2, 0) is 4.79 Å². The van der Waals surface area contributed by atoms with Crippen molar-refractivity contribution in [3.8, 4) is 0 Å². The van der Waals surface area contributed by atoms with Crippen molar-refractivity contribution in [3.63, 3.8) is 0 Å². The maximum atomic E-state index is 12.3. The zero-order valence-corrected chi connectivity index (χ0v) is 10.8. The van der Waals surface area contributed by atoms with Gasteiger partial charge in [-0.15, -0.1) is 0 Å². The van der Waals surface area contributed by atoms with Crippen LogP contribution in [0.4, 0.5) is 0 Å². The quantitative estimate of drug-likeness (QED) is 0.794. The fraction of sp³-hybridized carbons (Fsp3) is 0.929. The van der Waals surface area contributed by atoms with Gasteiger partial charge in [-0.25, -0.2) is 0 Å². The maximum absolute atomic E-state index is 12.3. The maximum Gasteiger partial charge on any atom is 0.239 e. The Hall–Kier alpha value is -0.570. The summed E-state index contributed by atoms with van der Waals surface area (Å²) in [5, 5.41) is 3.63. The summed E-state index contributed by atoms with van der Waals surface area (Å²) in [6.07, 6.45) is 10.1. The third-order valence-electron chi connectivity index (χ3n) is 4.89. The number of nitrogens with zero attached hydrogens (tertiary/aromatic N) is 1. The van der Waals surface area contributed by atoms with Gasteiger partial charge in [-0.3, -0.25) is 4.79 Å². The Morgan fingerprint density at radius 1 is 1.06 bits per heavy atom. The van der Waals surface area contributed by atoms with Crippen molar-refractivity contribution in [1.29, 1.82) is 0 Å². The summed E-state index contributed by atoms with van der Waals surface area (Å²) >= 11 is 0. The van der Waals surface area contributed by atoms with Crippen LogP contribution in [0.1, 0.15) is 51.4 Å². The molecule has 17 heavy (non-hydrogen) atoms. The molecule has 0 aromatic carbocycles. The van der Waals surface area contributed by atoms with E-state index >= 15 is 0 Å². The van der Waals surface area contributed by atoms with Crippen LogP contribution in [0.3, 0.4) is 0 Å². The highest BCUT2D eigenvalue weighted by Crippen LogP contribution is 2.33. The highest BCUT2D eigenvalue weighted by molar-refractivity contribution is 5.82. The Kier molecular flexibility index (Phi) is 3.12. The summed E-state index contributed by atoms with van der Waals surface area (Å²) in [6, 6.07) is 1.28. The minimum atomic E-state index is 0.111. The first-order valence-electron chi connectivity index (χ1n) is 7.28. The molecule has 1 N–H and O–H groups in total. The lowest BCUT2D eigenvalue weighted by atomic mass is 9.77. The van der Waals surface area contributed by atoms with Crippen LogP contribution in [-0.4, -0.2) is 36.0 Å². The van der Waals surface area contributed by atoms with Gasteiger partial charge in [0.05, 0.1) is 6.04 Å². The summed E-state index contributed by atoms with van der Waals surface area (Å²) in [6.45, 7) is 0. The fourth-order valence-electron chi connectivity index (χ4n) is 3.58. The van der Waals surface area contributed by atoms with E-state index in [0.717, 1.165) is 12.3 Å². The molecule has 0 spiro atoms. The van der Waals surface area contributed by atoms with E-state index in [-0.39, 0.29) is 6.04 Å². The Balaban J connectivity index is 1.59. The molecule has 1 saturated heterocycles. The molecule has 1 amide bonds. The highest BCUT2D eigenvalue weighted by Gasteiger charge is 2.38. The minimum Gasteiger partial charge on any atom is -0.341 e. The molecule has 1 aliphatic heterocycles. The van der Waals surface area contributed by atoms with E-state index in [9.17, 15) is 4.79 Å². The predicted octanol–water partition coefficient (Wildman–Crippen LogP) is 1.92. The van der Waals surface area contributed by atoms with Gasteiger partial charge in [0.15, 0.2) is 0 Å². The molecule has 96 valence electrons. The number of fused-ring (bicyclic) bond motifs is 1. The van der Waals surface area contributed by atoms with Gasteiger partial charge in [-0.05, 0) is 44.4 Å². The summed E-state index contributed by atoms with van der Waals surface area (Å²) in [7, 11) is 1.98. The summed E-state index contributed by atoms with van der Waals surface area (Å²) in [4.78, 5) is 14.3. The first-order valence-corrected chi connectivity index (χ1v) is 7.28. The summed E-state index contributed by atoms with van der Waals surface area (Å²) < 4.78 is 0. The SMILES string of the molecule is CN(C(=O)C1CCC2CCCCC2N1)C1CC1. The second-order valence-corrected chi connectivity index (χ2v) is 6.13. The molecule has 0 aromatic rings. The van der Waals surface area contributed by atoms with E-state index < -0.39 is 0 Å². The van der Waals surface area contributed by atoms with E-state index in [0.29, 0.717) is 18.0 Å². The molecular weight excluding hydrogens is 212 g/mol. The van der Waals surface area contributed by atoms with Crippen LogP contribution >= 0.6 is 0 Å². The lowest BCUT2D eigenvalue weighted by Gasteiger charge is -2.40. The number of rotatable bonds is 2. The van der Waals surface area contributed by atoms with E-state index in [4.69, 9.17) is 0 Å². The zero-order chi connectivity index (χ0) is 11.8. The van der Waals surface area contributed by atoms with Gasteiger partial charge in [0.25, 0.3) is 0 Å². The van der Waals surface area contributed by atoms with Crippen LogP contribution in [0.2, 0.25) is 0 Å². The smallest absolute Gasteiger partial charge is 0.239 e. The number of carbonyl (C=O) groups excluding carboxylic acids is 1. The number of piperidine rings is 1. The number of amides is 1. The first kappa shape index (κ1) is 11.5. The third kappa shape index (κ3) is 2.35. The molecular formula is C14H24N2O. The molecule has 2 saturated carbocycles. The lowest BCUT2D eigenvalue weighted by Crippen LogP contribution is -2.55. The van der Waals surface area contributed by atoms with E-state index in [1.54, 1.807) is 0 Å². The van der Waals surface area contributed by atoms with Crippen LogP contribution in [0, 0.1) is 5.92 Å². The van der Waals surface area contributed by atoms with Crippen molar-refractivity contribution in [1.82, 2.24) is 10.2 Å². The van der Waals surface area contributed by atoms with Gasteiger partial charge >= 0.3 is 0 Å². The van der Waals surface area contributed by atoms with Crippen molar-refractivity contribution in [3.05, 3.63) is 0 Å². The summed E-state index contributed by atoms with van der Waals surface area (Å²) in [5.41, 5.74) is 0. The average molecular weight is 236 g/mol. The van der Waals surface area contributed by atoms with Gasteiger partial charge in [0.2, 0.25) is 5.91 Å². The van der Waals surface area contributed by atoms with Crippen LogP contribution in [0.15, 0.2) is 0 Å². The second-order valence-electron chi connectivity index (χ2n) is 6.13. The molecule has 2 aliphatic carbocycles. The Labute approximate surface area is 104 Å². The summed E-state index contributed by atoms with van der Waals surface area (Å²) in [5.74, 6) is 1.19. The third-order valence-corrected chi connectivity index (χ3v) is 4.89. The molecule has 3 aliphatic rings. The van der Waals surface area contributed by atoms with Crippen molar-refractivity contribution < 1.29 is 4.79 Å². The highest BCUT2D eigenvalue weighted by atomic mass is 16.2. The molecule has 3 atom stereocenters. The predicted molar refractivity (Wildman–Crippen MR) is 67.7 cm³/mol. The molecule has 3 heteroatoms. The number of likely N-dealkylation sites (N-methyl/N-ethyl adjacent to an activating group) is 1. The molecule has 3 fully saturated rings. The minimum absolute atomic E-state index is 0.111. The first-order chi connectivity index (χ1) is 8.25. The van der Waals surface area contributed by atoms with Crippen LogP contribution < -0.4 is 5.32 Å². The van der Waals surface area contributed by atoms with Gasteiger partial charge in [-0.1, -0.05) is 12.8 Å². The molecule has 0 aromatic heterocycles. The number of carbonyl (C=O) groups is 1. The lowest BCUT2D eigenvalue weighted by molar-refractivity contribution is -0.134. The van der Waals surface area contributed by atoms with Crippen molar-refractivity contribution in [2.45, 2.75) is 69.5 Å². The van der Waals surface area contributed by atoms with Crippen molar-refractivity contribution in [2.75, 3.05) is 7.05 Å². The van der Waals surface area contributed by atoms with Gasteiger partial charge in [0.1, 0.15) is 0 Å². The molecule has 3 nitrogen and oxygen atoms in total. The topological polar surface area (TPSA) is 32.3 Å². The van der Waals surface area contributed by atoms with Gasteiger partial charge in [0, 0.05) is 19.1 Å². The molecule has 0 bridgehead atoms. The van der Waals surface area contributed by atoms with Crippen molar-refractivity contribution >= 4 is 5.91 Å². The number of hydrogen-bond acceptors (Lipinski definition) is 2. The molecule has 1 heterocycles. The Morgan fingerprint density at radius 3 is 2.59 bits per heavy atom. The number of nitrogens with one attached hydrogen (secondary N) is 1. The second kappa shape index (κ2) is 4.60. The largest absolute Gasteiger partial charge is 0.341 e. The molecule has 0 radical (unpaired) electrons. The molecule has 3 rings (SSSR count). The monoisotopic (exact) mass is 236 g/mol. The van der Waals surface area contributed by atoms with E-state index in [1.165, 1.54) is 44.9 Å². The Bertz CT molecular complexity index is 301. The van der Waals surface area contributed by atoms with Crippen molar-refractivity contribution in [2.24, 2.45) is 5.92 Å². The number of hydrogen-bond donors (Lipinski definition) is 1. The Morgan fingerprint density at radius 2 is 1.82 bits per heavy atom. The average Bonchev–Trinajstić information content (AvgIpc) is 3.21. The van der Waals surface area contributed by atoms with E-state index in [1.807, 2.05) is 11.9 Å². The standard InChI is InChI=1S/C14H24N2O/c1-16(11-7-8-11)14(17)13-9-6-10-4-2-3-5-12(10)15-13/h10-13,15H,2-9H2,1H3. The zero-order valence-electron chi connectivity index (χ0n) is 10.8. The van der Waals surface area contributed by atoms with Crippen LogP contribution in [0.5, 0.6) is 0 Å². The normalized spacial score (nSPS) is 37.4.